The molecule has 0 aromatic carbocycles. The molecule has 1 N–H and O–H groups in total. The Morgan fingerprint density at radius 3 is 2.31 bits per heavy atom. The second kappa shape index (κ2) is 8.53. The van der Waals surface area contributed by atoms with Crippen molar-refractivity contribution < 1.29 is 14.3 Å². The summed E-state index contributed by atoms with van der Waals surface area (Å²) >= 11 is 0. The molecule has 0 aromatic heterocycles. The Balaban J connectivity index is 3.73. The topological polar surface area (TPSA) is 47.6 Å². The van der Waals surface area contributed by atoms with Gasteiger partial charge in [-0.05, 0) is 12.8 Å². The van der Waals surface area contributed by atoms with Gasteiger partial charge in [-0.15, -0.1) is 0 Å². The Bertz CT molecular complexity index is 195. The monoisotopic (exact) mass is 231 g/mol. The van der Waals surface area contributed by atoms with Gasteiger partial charge in [0.05, 0.1) is 25.7 Å². The first-order valence-corrected chi connectivity index (χ1v) is 5.86. The van der Waals surface area contributed by atoms with E-state index in [1.54, 1.807) is 7.11 Å². The normalized spacial score (nSPS) is 14.9. The third-order valence-corrected chi connectivity index (χ3v) is 2.62. The lowest BCUT2D eigenvalue weighted by molar-refractivity contribution is -0.127. The Kier molecular flexibility index (Phi) is 8.21. The van der Waals surface area contributed by atoms with Gasteiger partial charge in [0, 0.05) is 13.2 Å². The Hall–Kier alpha value is -0.610. The third-order valence-electron chi connectivity index (χ3n) is 2.62. The molecule has 16 heavy (non-hydrogen) atoms. The maximum Gasteiger partial charge on any atom is 0.225 e. The first-order valence-electron chi connectivity index (χ1n) is 5.86. The highest BCUT2D eigenvalue weighted by atomic mass is 16.5. The van der Waals surface area contributed by atoms with Gasteiger partial charge in [0.25, 0.3) is 0 Å². The molecule has 0 aromatic rings. The molecule has 0 saturated heterocycles. The SMILES string of the molecule is COCCOCC(C)C(=O)N[C@H](C)C(C)C. The van der Waals surface area contributed by atoms with E-state index in [4.69, 9.17) is 9.47 Å². The lowest BCUT2D eigenvalue weighted by Gasteiger charge is -2.20. The van der Waals surface area contributed by atoms with Crippen molar-refractivity contribution in [3.63, 3.8) is 0 Å². The standard InChI is InChI=1S/C12H25NO3/c1-9(2)11(4)13-12(14)10(3)8-16-7-6-15-5/h9-11H,6-8H2,1-5H3,(H,13,14)/t10?,11-/m1/s1. The van der Waals surface area contributed by atoms with Crippen molar-refractivity contribution in [2.75, 3.05) is 26.9 Å². The zero-order chi connectivity index (χ0) is 12.6. The van der Waals surface area contributed by atoms with Crippen LogP contribution in [0.5, 0.6) is 0 Å². The quantitative estimate of drug-likeness (QED) is 0.643. The van der Waals surface area contributed by atoms with Crippen LogP contribution >= 0.6 is 0 Å². The minimum Gasteiger partial charge on any atom is -0.382 e. The van der Waals surface area contributed by atoms with Crippen LogP contribution < -0.4 is 5.32 Å². The van der Waals surface area contributed by atoms with Crippen LogP contribution in [-0.4, -0.2) is 38.9 Å². The number of methoxy groups -OCH3 is 1. The number of amides is 1. The zero-order valence-corrected chi connectivity index (χ0v) is 11.1. The summed E-state index contributed by atoms with van der Waals surface area (Å²) in [5.41, 5.74) is 0. The largest absolute Gasteiger partial charge is 0.382 e. The van der Waals surface area contributed by atoms with Crippen molar-refractivity contribution in [3.05, 3.63) is 0 Å². The van der Waals surface area contributed by atoms with E-state index in [2.05, 4.69) is 19.2 Å². The molecule has 0 aliphatic carbocycles. The van der Waals surface area contributed by atoms with Crippen molar-refractivity contribution in [3.8, 4) is 0 Å². The minimum absolute atomic E-state index is 0.0543. The highest BCUT2D eigenvalue weighted by molar-refractivity contribution is 5.78. The summed E-state index contributed by atoms with van der Waals surface area (Å²) in [4.78, 5) is 11.7. The first-order chi connectivity index (χ1) is 7.49. The number of carbonyl (C=O) groups is 1. The molecule has 0 bridgehead atoms. The van der Waals surface area contributed by atoms with Crippen LogP contribution in [0, 0.1) is 11.8 Å². The molecular formula is C12H25NO3. The predicted octanol–water partition coefficient (Wildman–Crippen LogP) is 1.45. The van der Waals surface area contributed by atoms with Gasteiger partial charge >= 0.3 is 0 Å². The average molecular weight is 231 g/mol. The zero-order valence-electron chi connectivity index (χ0n) is 11.1. The van der Waals surface area contributed by atoms with E-state index >= 15 is 0 Å². The second-order valence-corrected chi connectivity index (χ2v) is 4.51. The van der Waals surface area contributed by atoms with E-state index in [1.165, 1.54) is 0 Å². The fourth-order valence-corrected chi connectivity index (χ4v) is 1.01. The van der Waals surface area contributed by atoms with Crippen molar-refractivity contribution in [2.24, 2.45) is 11.8 Å². The molecular weight excluding hydrogens is 206 g/mol. The third kappa shape index (κ3) is 6.80. The summed E-state index contributed by atoms with van der Waals surface area (Å²) in [5, 5.41) is 2.97. The fraction of sp³-hybridized carbons (Fsp3) is 0.917. The van der Waals surface area contributed by atoms with Gasteiger partial charge in [-0.1, -0.05) is 20.8 Å². The van der Waals surface area contributed by atoms with E-state index in [9.17, 15) is 4.79 Å². The van der Waals surface area contributed by atoms with Crippen molar-refractivity contribution >= 4 is 5.91 Å². The fourth-order valence-electron chi connectivity index (χ4n) is 1.01. The lowest BCUT2D eigenvalue weighted by atomic mass is 10.1. The highest BCUT2D eigenvalue weighted by Crippen LogP contribution is 2.03. The number of hydrogen-bond acceptors (Lipinski definition) is 3. The average Bonchev–Trinajstić information content (AvgIpc) is 2.23. The molecule has 0 spiro atoms. The lowest BCUT2D eigenvalue weighted by Crippen LogP contribution is -2.40. The molecule has 96 valence electrons. The molecule has 0 rings (SSSR count). The summed E-state index contributed by atoms with van der Waals surface area (Å²) in [6.45, 7) is 9.61. The highest BCUT2D eigenvalue weighted by Gasteiger charge is 2.16. The molecule has 4 nitrogen and oxygen atoms in total. The van der Waals surface area contributed by atoms with Gasteiger partial charge in [-0.25, -0.2) is 0 Å². The van der Waals surface area contributed by atoms with E-state index in [1.807, 2.05) is 13.8 Å². The molecule has 1 unspecified atom stereocenters. The van der Waals surface area contributed by atoms with Gasteiger partial charge in [0.15, 0.2) is 0 Å². The van der Waals surface area contributed by atoms with Crippen LogP contribution in [0.15, 0.2) is 0 Å². The minimum atomic E-state index is -0.113. The summed E-state index contributed by atoms with van der Waals surface area (Å²) in [7, 11) is 1.63. The van der Waals surface area contributed by atoms with Crippen LogP contribution in [0.4, 0.5) is 0 Å². The molecule has 0 saturated carbocycles. The van der Waals surface area contributed by atoms with Gasteiger partial charge in [0.1, 0.15) is 0 Å². The molecule has 2 atom stereocenters. The van der Waals surface area contributed by atoms with Crippen molar-refractivity contribution in [1.82, 2.24) is 5.32 Å². The Morgan fingerprint density at radius 1 is 1.19 bits per heavy atom. The van der Waals surface area contributed by atoms with Gasteiger partial charge < -0.3 is 14.8 Å². The van der Waals surface area contributed by atoms with Crippen molar-refractivity contribution in [2.45, 2.75) is 33.7 Å². The maximum atomic E-state index is 11.7. The van der Waals surface area contributed by atoms with Gasteiger partial charge in [0.2, 0.25) is 5.91 Å². The Labute approximate surface area is 98.7 Å². The van der Waals surface area contributed by atoms with E-state index in [-0.39, 0.29) is 17.9 Å². The molecule has 0 aliphatic rings. The van der Waals surface area contributed by atoms with E-state index in [0.29, 0.717) is 25.7 Å². The van der Waals surface area contributed by atoms with Crippen LogP contribution in [0.2, 0.25) is 0 Å². The van der Waals surface area contributed by atoms with E-state index < -0.39 is 0 Å². The summed E-state index contributed by atoms with van der Waals surface area (Å²) in [6.07, 6.45) is 0. The number of hydrogen-bond donors (Lipinski definition) is 1. The molecule has 0 radical (unpaired) electrons. The van der Waals surface area contributed by atoms with E-state index in [0.717, 1.165) is 0 Å². The predicted molar refractivity (Wildman–Crippen MR) is 64.3 cm³/mol. The molecule has 4 heteroatoms. The smallest absolute Gasteiger partial charge is 0.225 e. The molecule has 0 heterocycles. The second-order valence-electron chi connectivity index (χ2n) is 4.51. The Morgan fingerprint density at radius 2 is 1.81 bits per heavy atom. The van der Waals surface area contributed by atoms with Gasteiger partial charge in [-0.3, -0.25) is 4.79 Å². The summed E-state index contributed by atoms with van der Waals surface area (Å²) < 4.78 is 10.2. The van der Waals surface area contributed by atoms with Crippen LogP contribution in [0.3, 0.4) is 0 Å². The van der Waals surface area contributed by atoms with Crippen molar-refractivity contribution in [1.29, 1.82) is 0 Å². The maximum absolute atomic E-state index is 11.7. The van der Waals surface area contributed by atoms with Crippen LogP contribution in [0.1, 0.15) is 27.7 Å². The number of nitrogens with one attached hydrogen (secondary N) is 1. The first kappa shape index (κ1) is 15.4. The molecule has 1 amide bonds. The molecule has 0 aliphatic heterocycles. The number of rotatable bonds is 8. The molecule has 0 fully saturated rings. The van der Waals surface area contributed by atoms with Crippen LogP contribution in [-0.2, 0) is 14.3 Å². The number of ether oxygens (including phenoxy) is 2. The van der Waals surface area contributed by atoms with Gasteiger partial charge in [-0.2, -0.15) is 0 Å². The summed E-state index contributed by atoms with van der Waals surface area (Å²) in [5.74, 6) is 0.391. The number of carbonyl (C=O) groups excluding carboxylic acids is 1. The van der Waals surface area contributed by atoms with Crippen LogP contribution in [0.25, 0.3) is 0 Å². The summed E-state index contributed by atoms with van der Waals surface area (Å²) in [6, 6.07) is 0.203.